The molecule has 1 aromatic rings. The summed E-state index contributed by atoms with van der Waals surface area (Å²) in [5.74, 6) is 0.516. The summed E-state index contributed by atoms with van der Waals surface area (Å²) in [4.78, 5) is 14.0. The number of hydrogen-bond donors (Lipinski definition) is 1. The summed E-state index contributed by atoms with van der Waals surface area (Å²) in [7, 11) is -0.890. The number of nitrogens with zero attached hydrogens (tertiary/aromatic N) is 1. The Hall–Kier alpha value is -1.07. The average Bonchev–Trinajstić information content (AvgIpc) is 2.37. The summed E-state index contributed by atoms with van der Waals surface area (Å²) in [5.41, 5.74) is 1.64. The third-order valence-corrected chi connectivity index (χ3v) is 5.63. The number of rotatable bonds is 1. The number of nitrogens with one attached hydrogen (secondary N) is 1. The molecule has 0 spiro atoms. The van der Waals surface area contributed by atoms with E-state index in [2.05, 4.69) is 5.32 Å². The minimum Gasteiger partial charge on any atom is -0.322 e. The van der Waals surface area contributed by atoms with Crippen molar-refractivity contribution in [2.45, 2.75) is 25.5 Å². The van der Waals surface area contributed by atoms with Crippen molar-refractivity contribution in [2.24, 2.45) is 0 Å². The SMILES string of the molecule is Cc1ccc(Cl)c(NC(=O)N2CC[S@@](=O)C(C)(C)C2)c1. The predicted molar refractivity (Wildman–Crippen MR) is 83.9 cm³/mol. The highest BCUT2D eigenvalue weighted by Gasteiger charge is 2.35. The van der Waals surface area contributed by atoms with Gasteiger partial charge in [-0.15, -0.1) is 0 Å². The number of amides is 2. The topological polar surface area (TPSA) is 49.4 Å². The van der Waals surface area contributed by atoms with Gasteiger partial charge in [0.05, 0.1) is 15.5 Å². The molecule has 2 rings (SSSR count). The van der Waals surface area contributed by atoms with Gasteiger partial charge in [0.15, 0.2) is 0 Å². The van der Waals surface area contributed by atoms with Crippen molar-refractivity contribution in [2.75, 3.05) is 24.2 Å². The fourth-order valence-electron chi connectivity index (χ4n) is 2.18. The summed E-state index contributed by atoms with van der Waals surface area (Å²) < 4.78 is 11.5. The highest BCUT2D eigenvalue weighted by Crippen LogP contribution is 2.25. The molecular formula is C14H19ClN2O2S. The van der Waals surface area contributed by atoms with Crippen LogP contribution in [0.3, 0.4) is 0 Å². The molecule has 1 aliphatic rings. The maximum atomic E-state index is 12.3. The second-order valence-electron chi connectivity index (χ2n) is 5.64. The standard InChI is InChI=1S/C14H19ClN2O2S/c1-10-4-5-11(15)12(8-10)16-13(18)17-6-7-20(19)14(2,3)9-17/h4-5,8H,6-7,9H2,1-3H3,(H,16,18)/t20-/m1/s1. The lowest BCUT2D eigenvalue weighted by Gasteiger charge is -2.37. The van der Waals surface area contributed by atoms with E-state index >= 15 is 0 Å². The first-order valence-corrected chi connectivity index (χ1v) is 8.20. The zero-order valence-corrected chi connectivity index (χ0v) is 13.5. The highest BCUT2D eigenvalue weighted by molar-refractivity contribution is 7.86. The molecule has 1 N–H and O–H groups in total. The number of halogens is 1. The molecule has 1 aromatic carbocycles. The van der Waals surface area contributed by atoms with Crippen molar-refractivity contribution >= 4 is 34.1 Å². The van der Waals surface area contributed by atoms with E-state index in [9.17, 15) is 9.00 Å². The minimum absolute atomic E-state index is 0.192. The van der Waals surface area contributed by atoms with E-state index in [4.69, 9.17) is 11.6 Å². The lowest BCUT2D eigenvalue weighted by atomic mass is 10.2. The molecule has 0 aliphatic carbocycles. The van der Waals surface area contributed by atoms with Crippen LogP contribution in [0.15, 0.2) is 18.2 Å². The molecule has 0 radical (unpaired) electrons. The largest absolute Gasteiger partial charge is 0.322 e. The fraction of sp³-hybridized carbons (Fsp3) is 0.500. The Kier molecular flexibility index (Phi) is 4.39. The third-order valence-electron chi connectivity index (χ3n) is 3.39. The van der Waals surface area contributed by atoms with Crippen LogP contribution < -0.4 is 5.32 Å². The monoisotopic (exact) mass is 314 g/mol. The van der Waals surface area contributed by atoms with Crippen molar-refractivity contribution in [3.63, 3.8) is 0 Å². The van der Waals surface area contributed by atoms with Gasteiger partial charge in [-0.1, -0.05) is 17.7 Å². The van der Waals surface area contributed by atoms with Crippen LogP contribution in [-0.4, -0.2) is 38.7 Å². The van der Waals surface area contributed by atoms with Gasteiger partial charge in [0.2, 0.25) is 0 Å². The van der Waals surface area contributed by atoms with Gasteiger partial charge in [-0.2, -0.15) is 0 Å². The van der Waals surface area contributed by atoms with Gasteiger partial charge in [0, 0.05) is 29.6 Å². The van der Waals surface area contributed by atoms with Crippen molar-refractivity contribution < 1.29 is 9.00 Å². The molecule has 20 heavy (non-hydrogen) atoms. The quantitative estimate of drug-likeness (QED) is 0.866. The number of hydrogen-bond acceptors (Lipinski definition) is 2. The Labute approximate surface area is 126 Å². The Morgan fingerprint density at radius 2 is 2.15 bits per heavy atom. The van der Waals surface area contributed by atoms with Crippen LogP contribution >= 0.6 is 11.6 Å². The van der Waals surface area contributed by atoms with Gasteiger partial charge in [-0.3, -0.25) is 4.21 Å². The molecule has 0 bridgehead atoms. The smallest absolute Gasteiger partial charge is 0.321 e. The van der Waals surface area contributed by atoms with Gasteiger partial charge in [0.1, 0.15) is 0 Å². The second-order valence-corrected chi connectivity index (χ2v) is 8.26. The van der Waals surface area contributed by atoms with Crippen molar-refractivity contribution in [3.8, 4) is 0 Å². The molecule has 1 heterocycles. The van der Waals surface area contributed by atoms with Gasteiger partial charge >= 0.3 is 6.03 Å². The second kappa shape index (κ2) is 5.74. The minimum atomic E-state index is -0.890. The summed E-state index contributed by atoms with van der Waals surface area (Å²) in [6, 6.07) is 5.31. The van der Waals surface area contributed by atoms with E-state index in [1.807, 2.05) is 32.9 Å². The van der Waals surface area contributed by atoms with E-state index in [-0.39, 0.29) is 10.8 Å². The fourth-order valence-corrected chi connectivity index (χ4v) is 3.59. The van der Waals surface area contributed by atoms with Crippen molar-refractivity contribution in [1.82, 2.24) is 4.90 Å². The summed E-state index contributed by atoms with van der Waals surface area (Å²) in [6.45, 7) is 6.77. The number of carbonyl (C=O) groups excluding carboxylic acids is 1. The van der Waals surface area contributed by atoms with Crippen LogP contribution in [0.2, 0.25) is 5.02 Å². The maximum absolute atomic E-state index is 12.3. The summed E-state index contributed by atoms with van der Waals surface area (Å²) in [5, 5.41) is 3.35. The molecular weight excluding hydrogens is 296 g/mol. The molecule has 2 amide bonds. The lowest BCUT2D eigenvalue weighted by Crippen LogP contribution is -2.53. The summed E-state index contributed by atoms with van der Waals surface area (Å²) >= 11 is 6.08. The van der Waals surface area contributed by atoms with Crippen LogP contribution in [-0.2, 0) is 10.8 Å². The van der Waals surface area contributed by atoms with Crippen LogP contribution in [0.5, 0.6) is 0 Å². The molecule has 1 atom stereocenters. The first-order valence-electron chi connectivity index (χ1n) is 6.50. The first kappa shape index (κ1) is 15.3. The first-order chi connectivity index (χ1) is 9.29. The van der Waals surface area contributed by atoms with Gasteiger partial charge in [-0.25, -0.2) is 4.79 Å². The Morgan fingerprint density at radius 3 is 2.80 bits per heavy atom. The number of aryl methyl sites for hydroxylation is 1. The summed E-state index contributed by atoms with van der Waals surface area (Å²) in [6.07, 6.45) is 0. The van der Waals surface area contributed by atoms with E-state index in [1.165, 1.54) is 0 Å². The Morgan fingerprint density at radius 1 is 1.45 bits per heavy atom. The van der Waals surface area contributed by atoms with E-state index < -0.39 is 10.8 Å². The number of benzene rings is 1. The van der Waals surface area contributed by atoms with Crippen molar-refractivity contribution in [1.29, 1.82) is 0 Å². The van der Waals surface area contributed by atoms with Crippen LogP contribution in [0.1, 0.15) is 19.4 Å². The van der Waals surface area contributed by atoms with E-state index in [0.717, 1.165) is 5.56 Å². The van der Waals surface area contributed by atoms with E-state index in [1.54, 1.807) is 11.0 Å². The molecule has 0 unspecified atom stereocenters. The zero-order chi connectivity index (χ0) is 14.9. The molecule has 6 heteroatoms. The Balaban J connectivity index is 2.09. The highest BCUT2D eigenvalue weighted by atomic mass is 35.5. The molecule has 110 valence electrons. The molecule has 1 saturated heterocycles. The molecule has 0 aromatic heterocycles. The maximum Gasteiger partial charge on any atom is 0.321 e. The molecule has 1 fully saturated rings. The van der Waals surface area contributed by atoms with Crippen molar-refractivity contribution in [3.05, 3.63) is 28.8 Å². The van der Waals surface area contributed by atoms with Gasteiger partial charge in [0.25, 0.3) is 0 Å². The van der Waals surface area contributed by atoms with Crippen LogP contribution in [0.4, 0.5) is 10.5 Å². The third kappa shape index (κ3) is 3.33. The van der Waals surface area contributed by atoms with Crippen LogP contribution in [0.25, 0.3) is 0 Å². The van der Waals surface area contributed by atoms with Crippen LogP contribution in [0, 0.1) is 6.92 Å². The predicted octanol–water partition coefficient (Wildman–Crippen LogP) is 3.02. The average molecular weight is 315 g/mol. The zero-order valence-electron chi connectivity index (χ0n) is 11.9. The lowest BCUT2D eigenvalue weighted by molar-refractivity contribution is 0.207. The van der Waals surface area contributed by atoms with E-state index in [0.29, 0.717) is 29.6 Å². The van der Waals surface area contributed by atoms with Gasteiger partial charge < -0.3 is 10.2 Å². The molecule has 4 nitrogen and oxygen atoms in total. The number of urea groups is 1. The Bertz CT molecular complexity index is 560. The molecule has 0 saturated carbocycles. The number of anilines is 1. The van der Waals surface area contributed by atoms with Gasteiger partial charge in [-0.05, 0) is 38.5 Å². The normalized spacial score (nSPS) is 21.6. The molecule has 1 aliphatic heterocycles. The number of carbonyl (C=O) groups is 1.